The molecule has 1 aromatic rings. The number of Topliss-reactive ketones (excluding diaryl/α,β-unsaturated/α-hetero) is 2. The molecule has 2 amide bonds. The number of nitrogens with zero attached hydrogens (tertiary/aromatic N) is 1. The molecule has 0 fully saturated rings. The number of rotatable bonds is 9. The molecular formula is C17H24N2O4S. The van der Waals surface area contributed by atoms with Gasteiger partial charge in [0.1, 0.15) is 11.8 Å². The van der Waals surface area contributed by atoms with E-state index in [1.807, 2.05) is 13.0 Å². The first-order valence-corrected chi connectivity index (χ1v) is 8.64. The number of amides is 2. The summed E-state index contributed by atoms with van der Waals surface area (Å²) in [5.74, 6) is -0.716. The van der Waals surface area contributed by atoms with Gasteiger partial charge in [-0.3, -0.25) is 19.2 Å². The number of thiophene rings is 1. The molecule has 1 aromatic heterocycles. The maximum absolute atomic E-state index is 11.9. The van der Waals surface area contributed by atoms with Crippen molar-refractivity contribution in [2.24, 2.45) is 0 Å². The fourth-order valence-corrected chi connectivity index (χ4v) is 2.94. The van der Waals surface area contributed by atoms with E-state index in [-0.39, 0.29) is 49.1 Å². The summed E-state index contributed by atoms with van der Waals surface area (Å²) < 4.78 is 0. The molecule has 6 nitrogen and oxygen atoms in total. The molecule has 0 aliphatic carbocycles. The number of nitrogens with one attached hydrogen (secondary N) is 1. The number of aryl methyl sites for hydroxylation is 1. The highest BCUT2D eigenvalue weighted by Crippen LogP contribution is 2.17. The molecule has 0 aliphatic heterocycles. The molecule has 0 saturated heterocycles. The minimum atomic E-state index is -0.619. The van der Waals surface area contributed by atoms with Crippen LogP contribution in [0.1, 0.15) is 47.2 Å². The third-order valence-electron chi connectivity index (χ3n) is 3.47. The van der Waals surface area contributed by atoms with Gasteiger partial charge in [-0.15, -0.1) is 11.3 Å². The van der Waals surface area contributed by atoms with Crippen molar-refractivity contribution in [3.63, 3.8) is 0 Å². The zero-order chi connectivity index (χ0) is 18.3. The Balaban J connectivity index is 2.29. The van der Waals surface area contributed by atoms with Crippen molar-refractivity contribution in [3.8, 4) is 0 Å². The van der Waals surface area contributed by atoms with Crippen LogP contribution in [0.2, 0.25) is 0 Å². The summed E-state index contributed by atoms with van der Waals surface area (Å²) in [6.07, 6.45) is 0.396. The second-order valence-electron chi connectivity index (χ2n) is 5.89. The lowest BCUT2D eigenvalue weighted by Crippen LogP contribution is -2.44. The Morgan fingerprint density at radius 3 is 2.25 bits per heavy atom. The fraction of sp³-hybridized carbons (Fsp3) is 0.529. The minimum Gasteiger partial charge on any atom is -0.347 e. The molecule has 1 heterocycles. The lowest BCUT2D eigenvalue weighted by Gasteiger charge is -2.17. The Labute approximate surface area is 146 Å². The number of likely N-dealkylation sites (N-methyl/N-ethyl adjacent to an activating group) is 1. The standard InChI is InChI=1S/C17H24N2O4S/c1-11-5-9-15(24-11)14(21)8-6-13(20)7-10-16(22)18-12(2)17(23)19(3)4/h5,9,12H,6-8,10H2,1-4H3,(H,18,22). The highest BCUT2D eigenvalue weighted by atomic mass is 32.1. The Bertz CT molecular complexity index is 622. The molecule has 0 aromatic carbocycles. The van der Waals surface area contributed by atoms with E-state index >= 15 is 0 Å². The van der Waals surface area contributed by atoms with Gasteiger partial charge in [-0.25, -0.2) is 0 Å². The van der Waals surface area contributed by atoms with Crippen LogP contribution in [0.25, 0.3) is 0 Å². The van der Waals surface area contributed by atoms with E-state index < -0.39 is 6.04 Å². The van der Waals surface area contributed by atoms with Crippen LogP contribution >= 0.6 is 11.3 Å². The van der Waals surface area contributed by atoms with E-state index in [0.717, 1.165) is 4.88 Å². The molecule has 0 radical (unpaired) electrons. The van der Waals surface area contributed by atoms with Crippen molar-refractivity contribution < 1.29 is 19.2 Å². The number of carbonyl (C=O) groups excluding carboxylic acids is 4. The maximum atomic E-state index is 11.9. The Morgan fingerprint density at radius 2 is 1.71 bits per heavy atom. The summed E-state index contributed by atoms with van der Waals surface area (Å²) in [4.78, 5) is 50.2. The minimum absolute atomic E-state index is 0.0240. The maximum Gasteiger partial charge on any atom is 0.244 e. The van der Waals surface area contributed by atoms with Crippen molar-refractivity contribution in [3.05, 3.63) is 21.9 Å². The van der Waals surface area contributed by atoms with Crippen molar-refractivity contribution in [2.45, 2.75) is 45.6 Å². The third kappa shape index (κ3) is 6.62. The van der Waals surface area contributed by atoms with Crippen LogP contribution < -0.4 is 5.32 Å². The van der Waals surface area contributed by atoms with Crippen LogP contribution in [-0.4, -0.2) is 48.4 Å². The molecular weight excluding hydrogens is 328 g/mol. The first kappa shape index (κ1) is 20.0. The molecule has 1 N–H and O–H groups in total. The van der Waals surface area contributed by atoms with Crippen LogP contribution in [-0.2, 0) is 14.4 Å². The van der Waals surface area contributed by atoms with Gasteiger partial charge in [-0.1, -0.05) is 0 Å². The van der Waals surface area contributed by atoms with Gasteiger partial charge in [0, 0.05) is 44.7 Å². The molecule has 0 aliphatic rings. The van der Waals surface area contributed by atoms with Gasteiger partial charge in [0.25, 0.3) is 0 Å². The highest BCUT2D eigenvalue weighted by Gasteiger charge is 2.18. The zero-order valence-electron chi connectivity index (χ0n) is 14.5. The SMILES string of the molecule is Cc1ccc(C(=O)CCC(=O)CCC(=O)NC(C)C(=O)N(C)C)s1. The average Bonchev–Trinajstić information content (AvgIpc) is 2.96. The lowest BCUT2D eigenvalue weighted by atomic mass is 10.1. The van der Waals surface area contributed by atoms with Gasteiger partial charge in [0.15, 0.2) is 5.78 Å². The molecule has 1 rings (SSSR count). The molecule has 0 saturated carbocycles. The first-order chi connectivity index (χ1) is 11.2. The summed E-state index contributed by atoms with van der Waals surface area (Å²) in [5.41, 5.74) is 0. The van der Waals surface area contributed by atoms with Gasteiger partial charge in [-0.05, 0) is 26.0 Å². The van der Waals surface area contributed by atoms with Crippen molar-refractivity contribution in [2.75, 3.05) is 14.1 Å². The van der Waals surface area contributed by atoms with E-state index in [4.69, 9.17) is 0 Å². The van der Waals surface area contributed by atoms with Gasteiger partial charge in [0.2, 0.25) is 11.8 Å². The van der Waals surface area contributed by atoms with E-state index in [9.17, 15) is 19.2 Å². The topological polar surface area (TPSA) is 83.5 Å². The third-order valence-corrected chi connectivity index (χ3v) is 4.51. The molecule has 132 valence electrons. The molecule has 7 heteroatoms. The van der Waals surface area contributed by atoms with E-state index in [2.05, 4.69) is 5.32 Å². The second-order valence-corrected chi connectivity index (χ2v) is 7.18. The summed E-state index contributed by atoms with van der Waals surface area (Å²) >= 11 is 1.42. The van der Waals surface area contributed by atoms with Gasteiger partial charge >= 0.3 is 0 Å². The summed E-state index contributed by atoms with van der Waals surface area (Å²) in [5, 5.41) is 2.56. The van der Waals surface area contributed by atoms with Crippen LogP contribution in [0.3, 0.4) is 0 Å². The smallest absolute Gasteiger partial charge is 0.244 e. The summed E-state index contributed by atoms with van der Waals surface area (Å²) in [6.45, 7) is 3.52. The van der Waals surface area contributed by atoms with Gasteiger partial charge in [-0.2, -0.15) is 0 Å². The van der Waals surface area contributed by atoms with Crippen molar-refractivity contribution in [1.82, 2.24) is 10.2 Å². The predicted molar refractivity (Wildman–Crippen MR) is 93.2 cm³/mol. The predicted octanol–water partition coefficient (Wildman–Crippen LogP) is 1.96. The Kier molecular flexibility index (Phi) is 7.78. The quantitative estimate of drug-likeness (QED) is 0.689. The highest BCUT2D eigenvalue weighted by molar-refractivity contribution is 7.14. The molecule has 0 spiro atoms. The Hall–Kier alpha value is -2.02. The molecule has 24 heavy (non-hydrogen) atoms. The fourth-order valence-electron chi connectivity index (χ4n) is 2.10. The summed E-state index contributed by atoms with van der Waals surface area (Å²) in [6, 6.07) is 3.02. The van der Waals surface area contributed by atoms with Crippen LogP contribution in [0.5, 0.6) is 0 Å². The summed E-state index contributed by atoms with van der Waals surface area (Å²) in [7, 11) is 3.22. The van der Waals surface area contributed by atoms with Crippen LogP contribution in [0.15, 0.2) is 12.1 Å². The second kappa shape index (κ2) is 9.32. The van der Waals surface area contributed by atoms with Gasteiger partial charge in [0.05, 0.1) is 4.88 Å². The zero-order valence-corrected chi connectivity index (χ0v) is 15.4. The van der Waals surface area contributed by atoms with Crippen molar-refractivity contribution >= 4 is 34.7 Å². The molecule has 1 unspecified atom stereocenters. The first-order valence-electron chi connectivity index (χ1n) is 7.82. The van der Waals surface area contributed by atoms with E-state index in [0.29, 0.717) is 4.88 Å². The van der Waals surface area contributed by atoms with E-state index in [1.54, 1.807) is 27.1 Å². The Morgan fingerprint density at radius 1 is 1.08 bits per heavy atom. The van der Waals surface area contributed by atoms with Crippen LogP contribution in [0, 0.1) is 6.92 Å². The normalized spacial score (nSPS) is 11.7. The molecule has 1 atom stereocenters. The number of hydrogen-bond acceptors (Lipinski definition) is 5. The van der Waals surface area contributed by atoms with Crippen molar-refractivity contribution in [1.29, 1.82) is 0 Å². The van der Waals surface area contributed by atoms with E-state index in [1.165, 1.54) is 16.2 Å². The molecule has 0 bridgehead atoms. The van der Waals surface area contributed by atoms with Crippen LogP contribution in [0.4, 0.5) is 0 Å². The number of hydrogen-bond donors (Lipinski definition) is 1. The number of carbonyl (C=O) groups is 4. The van der Waals surface area contributed by atoms with Gasteiger partial charge < -0.3 is 10.2 Å². The largest absolute Gasteiger partial charge is 0.347 e. The average molecular weight is 352 g/mol. The lowest BCUT2D eigenvalue weighted by molar-refractivity contribution is -0.134. The number of ketones is 2. The monoisotopic (exact) mass is 352 g/mol.